The molecule has 0 unspecified atom stereocenters. The van der Waals surface area contributed by atoms with Gasteiger partial charge in [-0.15, -0.1) is 11.8 Å². The first-order valence-corrected chi connectivity index (χ1v) is 11.4. The van der Waals surface area contributed by atoms with Gasteiger partial charge in [-0.1, -0.05) is 45.7 Å². The lowest BCUT2D eigenvalue weighted by Gasteiger charge is -2.08. The van der Waals surface area contributed by atoms with E-state index in [9.17, 15) is 9.18 Å². The van der Waals surface area contributed by atoms with Crippen molar-refractivity contribution in [1.29, 1.82) is 0 Å². The molecular weight excluding hydrogens is 487 g/mol. The van der Waals surface area contributed by atoms with Crippen LogP contribution in [0.25, 0.3) is 22.2 Å². The number of halogens is 3. The number of hydrogen-bond acceptors (Lipinski definition) is 2. The first kappa shape index (κ1) is 21.0. The van der Waals surface area contributed by atoms with Crippen LogP contribution in [0.5, 0.6) is 0 Å². The van der Waals surface area contributed by atoms with E-state index in [4.69, 9.17) is 11.6 Å². The van der Waals surface area contributed by atoms with Gasteiger partial charge in [0.15, 0.2) is 0 Å². The summed E-state index contributed by atoms with van der Waals surface area (Å²) in [6.45, 7) is 0.481. The van der Waals surface area contributed by atoms with Crippen molar-refractivity contribution < 1.29 is 9.18 Å². The molecule has 1 heterocycles. The number of aromatic nitrogens is 1. The summed E-state index contributed by atoms with van der Waals surface area (Å²) < 4.78 is 14.2. The van der Waals surface area contributed by atoms with E-state index in [1.54, 1.807) is 42.1 Å². The molecule has 1 amide bonds. The van der Waals surface area contributed by atoms with Gasteiger partial charge in [0.2, 0.25) is 0 Å². The minimum absolute atomic E-state index is 0.209. The van der Waals surface area contributed by atoms with Crippen LogP contribution in [0, 0.1) is 5.82 Å². The predicted molar refractivity (Wildman–Crippen MR) is 126 cm³/mol. The molecule has 0 saturated carbocycles. The molecule has 1 aromatic heterocycles. The fourth-order valence-corrected chi connectivity index (χ4v) is 4.79. The van der Waals surface area contributed by atoms with Gasteiger partial charge in [0, 0.05) is 32.6 Å². The zero-order chi connectivity index (χ0) is 21.1. The average Bonchev–Trinajstić information content (AvgIpc) is 3.12. The molecule has 0 fully saturated rings. The Morgan fingerprint density at radius 2 is 1.87 bits per heavy atom. The molecule has 0 aliphatic heterocycles. The van der Waals surface area contributed by atoms with Gasteiger partial charge in [-0.3, -0.25) is 4.79 Å². The van der Waals surface area contributed by atoms with Crippen molar-refractivity contribution in [3.8, 4) is 11.3 Å². The lowest BCUT2D eigenvalue weighted by Crippen LogP contribution is -2.26. The van der Waals surface area contributed by atoms with E-state index in [1.165, 1.54) is 12.1 Å². The maximum absolute atomic E-state index is 13.4. The summed E-state index contributed by atoms with van der Waals surface area (Å²) in [6, 6.07) is 19.7. The average molecular weight is 504 g/mol. The highest BCUT2D eigenvalue weighted by atomic mass is 79.9. The van der Waals surface area contributed by atoms with E-state index >= 15 is 0 Å². The summed E-state index contributed by atoms with van der Waals surface area (Å²) in [7, 11) is 0. The molecule has 0 aliphatic carbocycles. The Morgan fingerprint density at radius 3 is 2.67 bits per heavy atom. The van der Waals surface area contributed by atoms with E-state index in [0.29, 0.717) is 22.9 Å². The van der Waals surface area contributed by atoms with Crippen molar-refractivity contribution in [3.05, 3.63) is 87.6 Å². The van der Waals surface area contributed by atoms with Crippen LogP contribution in [0.2, 0.25) is 5.02 Å². The second kappa shape index (κ2) is 9.25. The van der Waals surface area contributed by atoms with Crippen LogP contribution < -0.4 is 5.32 Å². The standard InChI is InChI=1S/C23H17BrClFN2OS/c24-15-7-10-19(25)18(13-15)23(29)27-11-12-30-22-17-3-1-2-4-20(17)28-21(22)14-5-8-16(26)9-6-14/h1-10,13,28H,11-12H2,(H,27,29). The topological polar surface area (TPSA) is 44.9 Å². The first-order chi connectivity index (χ1) is 14.5. The highest BCUT2D eigenvalue weighted by Gasteiger charge is 2.15. The number of amides is 1. The third kappa shape index (κ3) is 4.56. The molecule has 30 heavy (non-hydrogen) atoms. The van der Waals surface area contributed by atoms with E-state index in [-0.39, 0.29) is 11.7 Å². The number of hydrogen-bond donors (Lipinski definition) is 2. The fourth-order valence-electron chi connectivity index (χ4n) is 3.17. The van der Waals surface area contributed by atoms with E-state index in [1.807, 2.05) is 18.2 Å². The molecule has 7 heteroatoms. The molecule has 0 aliphatic rings. The Bertz CT molecular complexity index is 1210. The summed E-state index contributed by atoms with van der Waals surface area (Å²) in [5.74, 6) is 0.200. The molecule has 0 atom stereocenters. The molecule has 152 valence electrons. The Kier molecular flexibility index (Phi) is 6.46. The van der Waals surface area contributed by atoms with Crippen LogP contribution in [-0.2, 0) is 0 Å². The SMILES string of the molecule is O=C(NCCSc1c(-c2ccc(F)cc2)[nH]c2ccccc12)c1cc(Br)ccc1Cl. The largest absolute Gasteiger partial charge is 0.354 e. The summed E-state index contributed by atoms with van der Waals surface area (Å²) in [5, 5.41) is 4.43. The van der Waals surface area contributed by atoms with Crippen LogP contribution in [0.15, 0.2) is 76.1 Å². The van der Waals surface area contributed by atoms with Crippen LogP contribution in [0.1, 0.15) is 10.4 Å². The first-order valence-electron chi connectivity index (χ1n) is 9.25. The Labute approximate surface area is 191 Å². The smallest absolute Gasteiger partial charge is 0.252 e. The molecule has 0 bridgehead atoms. The molecule has 0 saturated heterocycles. The molecule has 0 radical (unpaired) electrons. The molecule has 3 nitrogen and oxygen atoms in total. The number of nitrogens with one attached hydrogen (secondary N) is 2. The highest BCUT2D eigenvalue weighted by Crippen LogP contribution is 2.37. The number of para-hydroxylation sites is 1. The Morgan fingerprint density at radius 1 is 1.10 bits per heavy atom. The third-order valence-electron chi connectivity index (χ3n) is 4.60. The minimum atomic E-state index is -0.266. The molecule has 4 aromatic rings. The Balaban J connectivity index is 1.50. The maximum atomic E-state index is 13.4. The van der Waals surface area contributed by atoms with Gasteiger partial charge < -0.3 is 10.3 Å². The number of carbonyl (C=O) groups is 1. The monoisotopic (exact) mass is 502 g/mol. The van der Waals surface area contributed by atoms with Crippen LogP contribution in [0.4, 0.5) is 4.39 Å². The number of thioether (sulfide) groups is 1. The molecular formula is C23H17BrClFN2OS. The maximum Gasteiger partial charge on any atom is 0.252 e. The Hall–Kier alpha value is -2.28. The normalized spacial score (nSPS) is 11.0. The third-order valence-corrected chi connectivity index (χ3v) is 6.54. The zero-order valence-corrected chi connectivity index (χ0v) is 18.9. The highest BCUT2D eigenvalue weighted by molar-refractivity contribution is 9.10. The lowest BCUT2D eigenvalue weighted by atomic mass is 10.1. The quantitative estimate of drug-likeness (QED) is 0.222. The van der Waals surface area contributed by atoms with Gasteiger partial charge in [-0.25, -0.2) is 4.39 Å². The molecule has 3 aromatic carbocycles. The van der Waals surface area contributed by atoms with Crippen molar-refractivity contribution in [2.24, 2.45) is 0 Å². The number of rotatable bonds is 6. The van der Waals surface area contributed by atoms with Gasteiger partial charge in [-0.05, 0) is 54.1 Å². The van der Waals surface area contributed by atoms with E-state index in [0.717, 1.165) is 31.5 Å². The molecule has 2 N–H and O–H groups in total. The fraction of sp³-hybridized carbons (Fsp3) is 0.0870. The van der Waals surface area contributed by atoms with Crippen LogP contribution in [-0.4, -0.2) is 23.2 Å². The number of benzene rings is 3. The van der Waals surface area contributed by atoms with Crippen molar-refractivity contribution in [2.45, 2.75) is 4.90 Å². The zero-order valence-electron chi connectivity index (χ0n) is 15.7. The van der Waals surface area contributed by atoms with Crippen molar-refractivity contribution in [3.63, 3.8) is 0 Å². The number of carbonyl (C=O) groups excluding carboxylic acids is 1. The summed E-state index contributed by atoms with van der Waals surface area (Å²) >= 11 is 11.1. The predicted octanol–water partition coefficient (Wildman–Crippen LogP) is 6.91. The van der Waals surface area contributed by atoms with E-state index < -0.39 is 0 Å². The van der Waals surface area contributed by atoms with Gasteiger partial charge in [0.25, 0.3) is 5.91 Å². The van der Waals surface area contributed by atoms with Crippen molar-refractivity contribution >= 4 is 56.1 Å². The van der Waals surface area contributed by atoms with Crippen molar-refractivity contribution in [1.82, 2.24) is 10.3 Å². The van der Waals surface area contributed by atoms with Gasteiger partial charge >= 0.3 is 0 Å². The summed E-state index contributed by atoms with van der Waals surface area (Å²) in [4.78, 5) is 17.0. The number of fused-ring (bicyclic) bond motifs is 1. The molecule has 4 rings (SSSR count). The second-order valence-corrected chi connectivity index (χ2v) is 9.04. The number of H-pyrrole nitrogens is 1. The summed E-state index contributed by atoms with van der Waals surface area (Å²) in [6.07, 6.45) is 0. The lowest BCUT2D eigenvalue weighted by molar-refractivity contribution is 0.0956. The van der Waals surface area contributed by atoms with Crippen molar-refractivity contribution in [2.75, 3.05) is 12.3 Å². The van der Waals surface area contributed by atoms with Crippen LogP contribution in [0.3, 0.4) is 0 Å². The van der Waals surface area contributed by atoms with Gasteiger partial charge in [0.1, 0.15) is 5.82 Å². The van der Waals surface area contributed by atoms with Gasteiger partial charge in [-0.2, -0.15) is 0 Å². The second-order valence-electron chi connectivity index (χ2n) is 6.61. The molecule has 0 spiro atoms. The minimum Gasteiger partial charge on any atom is -0.354 e. The van der Waals surface area contributed by atoms with E-state index in [2.05, 4.69) is 32.3 Å². The number of aromatic amines is 1. The van der Waals surface area contributed by atoms with Gasteiger partial charge in [0.05, 0.1) is 16.3 Å². The van der Waals surface area contributed by atoms with Crippen LogP contribution >= 0.6 is 39.3 Å². The summed E-state index contributed by atoms with van der Waals surface area (Å²) in [5.41, 5.74) is 3.32.